The third-order valence-electron chi connectivity index (χ3n) is 14.0. The molecule has 2 atom stereocenters. The highest BCUT2D eigenvalue weighted by Crippen LogP contribution is 2.43. The van der Waals surface area contributed by atoms with Gasteiger partial charge in [0.1, 0.15) is 6.61 Å². The van der Waals surface area contributed by atoms with Gasteiger partial charge in [0.15, 0.2) is 6.10 Å². The molecule has 3 N–H and O–H groups in total. The van der Waals surface area contributed by atoms with Crippen molar-refractivity contribution in [1.29, 1.82) is 0 Å². The lowest BCUT2D eigenvalue weighted by molar-refractivity contribution is -0.161. The number of phosphoric ester groups is 1. The molecule has 0 amide bonds. The van der Waals surface area contributed by atoms with Crippen LogP contribution in [0.2, 0.25) is 0 Å². The number of hydrogen-bond donors (Lipinski definition) is 2. The summed E-state index contributed by atoms with van der Waals surface area (Å²) in [5.41, 5.74) is 5.39. The van der Waals surface area contributed by atoms with E-state index in [4.69, 9.17) is 24.3 Å². The number of nitrogens with two attached hydrogens (primary N) is 1. The van der Waals surface area contributed by atoms with Crippen molar-refractivity contribution >= 4 is 19.8 Å². The molecule has 0 aliphatic rings. The van der Waals surface area contributed by atoms with Crippen LogP contribution in [0.1, 0.15) is 335 Å². The van der Waals surface area contributed by atoms with Crippen molar-refractivity contribution in [2.45, 2.75) is 341 Å². The molecule has 0 saturated carbocycles. The second kappa shape index (κ2) is 56.3. The summed E-state index contributed by atoms with van der Waals surface area (Å²) < 4.78 is 33.1. The zero-order valence-corrected chi connectivity index (χ0v) is 47.0. The average Bonchev–Trinajstić information content (AvgIpc) is 3.34. The van der Waals surface area contributed by atoms with Crippen molar-refractivity contribution in [3.63, 3.8) is 0 Å². The molecule has 0 radical (unpaired) electrons. The van der Waals surface area contributed by atoms with E-state index < -0.39 is 26.5 Å². The standard InChI is InChI=1S/C59H118NO8P/c1-3-5-7-9-11-13-15-17-19-21-23-25-27-29-31-33-35-37-39-41-43-45-47-49-51-58(61)65-55-57(56-67-69(63,64)66-54-53-60)68-59(62)52-50-48-46-44-42-40-38-36-34-32-30-28-26-24-22-20-18-16-14-12-10-8-6-4-2/h57H,3-56,60H2,1-2H3,(H,63,64). The second-order valence-corrected chi connectivity index (χ2v) is 22.4. The number of esters is 2. The Morgan fingerprint density at radius 1 is 0.377 bits per heavy atom. The van der Waals surface area contributed by atoms with Gasteiger partial charge in [0.25, 0.3) is 0 Å². The smallest absolute Gasteiger partial charge is 0.462 e. The summed E-state index contributed by atoms with van der Waals surface area (Å²) in [5, 5.41) is 0. The minimum atomic E-state index is -4.38. The lowest BCUT2D eigenvalue weighted by atomic mass is 10.0. The van der Waals surface area contributed by atoms with Gasteiger partial charge in [0.05, 0.1) is 13.2 Å². The largest absolute Gasteiger partial charge is 0.472 e. The Bertz CT molecular complexity index is 1090. The van der Waals surface area contributed by atoms with Crippen LogP contribution in [-0.4, -0.2) is 49.3 Å². The van der Waals surface area contributed by atoms with E-state index in [-0.39, 0.29) is 32.1 Å². The Kier molecular flexibility index (Phi) is 55.5. The van der Waals surface area contributed by atoms with Gasteiger partial charge in [-0.3, -0.25) is 18.6 Å². The molecule has 10 heteroatoms. The first-order valence-corrected chi connectivity index (χ1v) is 32.0. The first-order chi connectivity index (χ1) is 33.8. The molecule has 2 unspecified atom stereocenters. The normalized spacial score (nSPS) is 12.9. The zero-order valence-electron chi connectivity index (χ0n) is 46.1. The highest BCUT2D eigenvalue weighted by atomic mass is 31.2. The number of unbranched alkanes of at least 4 members (excludes halogenated alkanes) is 46. The molecule has 0 fully saturated rings. The molecule has 9 nitrogen and oxygen atoms in total. The van der Waals surface area contributed by atoms with Gasteiger partial charge in [-0.05, 0) is 12.8 Å². The molecule has 0 rings (SSSR count). The minimum absolute atomic E-state index is 0.0587. The molecule has 0 aliphatic carbocycles. The van der Waals surface area contributed by atoms with Crippen LogP contribution in [0.3, 0.4) is 0 Å². The fraction of sp³-hybridized carbons (Fsp3) is 0.966. The molecular formula is C59H118NO8P. The summed E-state index contributed by atoms with van der Waals surface area (Å²) in [6, 6.07) is 0. The highest BCUT2D eigenvalue weighted by molar-refractivity contribution is 7.47. The molecule has 0 bridgehead atoms. The van der Waals surface area contributed by atoms with E-state index in [1.807, 2.05) is 0 Å². The topological polar surface area (TPSA) is 134 Å². The van der Waals surface area contributed by atoms with E-state index in [0.717, 1.165) is 32.1 Å². The lowest BCUT2D eigenvalue weighted by Gasteiger charge is -2.19. The molecule has 0 aromatic carbocycles. The van der Waals surface area contributed by atoms with E-state index in [9.17, 15) is 19.0 Å². The number of ether oxygens (including phenoxy) is 2. The van der Waals surface area contributed by atoms with E-state index in [0.29, 0.717) is 12.8 Å². The van der Waals surface area contributed by atoms with Gasteiger partial charge < -0.3 is 20.1 Å². The van der Waals surface area contributed by atoms with Crippen LogP contribution in [0.4, 0.5) is 0 Å². The molecule has 0 heterocycles. The van der Waals surface area contributed by atoms with E-state index in [1.54, 1.807) is 0 Å². The van der Waals surface area contributed by atoms with Crippen LogP contribution in [0.5, 0.6) is 0 Å². The number of rotatable bonds is 59. The van der Waals surface area contributed by atoms with Gasteiger partial charge in [-0.15, -0.1) is 0 Å². The Hall–Kier alpha value is -0.990. The second-order valence-electron chi connectivity index (χ2n) is 20.9. The van der Waals surface area contributed by atoms with Crippen molar-refractivity contribution in [2.24, 2.45) is 5.73 Å². The number of carbonyl (C=O) groups is 2. The summed E-state index contributed by atoms with van der Waals surface area (Å²) >= 11 is 0. The van der Waals surface area contributed by atoms with E-state index in [1.165, 1.54) is 270 Å². The van der Waals surface area contributed by atoms with E-state index >= 15 is 0 Å². The fourth-order valence-electron chi connectivity index (χ4n) is 9.46. The predicted octanol–water partition coefficient (Wildman–Crippen LogP) is 19.1. The summed E-state index contributed by atoms with van der Waals surface area (Å²) in [5.74, 6) is -0.800. The van der Waals surface area contributed by atoms with Crippen LogP contribution in [0.15, 0.2) is 0 Å². The van der Waals surface area contributed by atoms with Crippen LogP contribution in [-0.2, 0) is 32.7 Å². The third-order valence-corrected chi connectivity index (χ3v) is 15.0. The van der Waals surface area contributed by atoms with E-state index in [2.05, 4.69) is 13.8 Å². The van der Waals surface area contributed by atoms with Crippen LogP contribution in [0, 0.1) is 0 Å². The van der Waals surface area contributed by atoms with Gasteiger partial charge in [-0.1, -0.05) is 309 Å². The fourth-order valence-corrected chi connectivity index (χ4v) is 10.2. The zero-order chi connectivity index (χ0) is 50.2. The summed E-state index contributed by atoms with van der Waals surface area (Å²) in [6.07, 6.45) is 63.1. The molecule has 69 heavy (non-hydrogen) atoms. The SMILES string of the molecule is CCCCCCCCCCCCCCCCCCCCCCCCCCC(=O)OCC(COP(=O)(O)OCCN)OC(=O)CCCCCCCCCCCCCCCCCCCCCCCCCC. The molecular weight excluding hydrogens is 882 g/mol. The van der Waals surface area contributed by atoms with Crippen LogP contribution >= 0.6 is 7.82 Å². The van der Waals surface area contributed by atoms with Crippen molar-refractivity contribution < 1.29 is 37.6 Å². The monoisotopic (exact) mass is 1000 g/mol. The van der Waals surface area contributed by atoms with Crippen molar-refractivity contribution in [1.82, 2.24) is 0 Å². The summed E-state index contributed by atoms with van der Waals surface area (Å²) in [4.78, 5) is 35.2. The molecule has 0 spiro atoms. The number of phosphoric acid groups is 1. The molecule has 0 aromatic rings. The van der Waals surface area contributed by atoms with Crippen LogP contribution in [0.25, 0.3) is 0 Å². The van der Waals surface area contributed by atoms with Crippen molar-refractivity contribution in [2.75, 3.05) is 26.4 Å². The Morgan fingerprint density at radius 3 is 0.884 bits per heavy atom. The lowest BCUT2D eigenvalue weighted by Crippen LogP contribution is -2.29. The summed E-state index contributed by atoms with van der Waals surface area (Å²) in [7, 11) is -4.38. The first kappa shape index (κ1) is 68.0. The first-order valence-electron chi connectivity index (χ1n) is 30.5. The molecule has 0 aliphatic heterocycles. The molecule has 0 saturated heterocycles. The number of hydrogen-bond acceptors (Lipinski definition) is 8. The van der Waals surface area contributed by atoms with Crippen molar-refractivity contribution in [3.05, 3.63) is 0 Å². The molecule has 0 aromatic heterocycles. The van der Waals surface area contributed by atoms with Crippen molar-refractivity contribution in [3.8, 4) is 0 Å². The quantitative estimate of drug-likeness (QED) is 0.0347. The minimum Gasteiger partial charge on any atom is -0.462 e. The Balaban J connectivity index is 3.88. The maximum Gasteiger partial charge on any atom is 0.472 e. The third kappa shape index (κ3) is 56.2. The maximum atomic E-state index is 12.7. The Labute approximate surface area is 428 Å². The van der Waals surface area contributed by atoms with Gasteiger partial charge >= 0.3 is 19.8 Å². The van der Waals surface area contributed by atoms with Gasteiger partial charge in [-0.25, -0.2) is 4.57 Å². The van der Waals surface area contributed by atoms with Crippen LogP contribution < -0.4 is 5.73 Å². The Morgan fingerprint density at radius 2 is 0.623 bits per heavy atom. The summed E-state index contributed by atoms with van der Waals surface area (Å²) in [6.45, 7) is 3.83. The van der Waals surface area contributed by atoms with Gasteiger partial charge in [0, 0.05) is 19.4 Å². The predicted molar refractivity (Wildman–Crippen MR) is 294 cm³/mol. The average molecular weight is 1000 g/mol. The van der Waals surface area contributed by atoms with Gasteiger partial charge in [0.2, 0.25) is 0 Å². The highest BCUT2D eigenvalue weighted by Gasteiger charge is 2.26. The molecule has 412 valence electrons. The maximum absolute atomic E-state index is 12.7. The van der Waals surface area contributed by atoms with Gasteiger partial charge in [-0.2, -0.15) is 0 Å². The number of carbonyl (C=O) groups excluding carboxylic acids is 2.